The molecule has 2 aromatic carbocycles. The number of carbonyl (C=O) groups is 2. The van der Waals surface area contributed by atoms with Crippen molar-refractivity contribution < 1.29 is 33.3 Å². The van der Waals surface area contributed by atoms with Gasteiger partial charge in [-0.15, -0.1) is 0 Å². The van der Waals surface area contributed by atoms with Crippen LogP contribution in [0.3, 0.4) is 0 Å². The Hall–Kier alpha value is -3.89. The molecule has 1 unspecified atom stereocenters. The van der Waals surface area contributed by atoms with E-state index in [2.05, 4.69) is 5.32 Å². The zero-order valence-corrected chi connectivity index (χ0v) is 23.9. The van der Waals surface area contributed by atoms with E-state index in [4.69, 9.17) is 34.5 Å². The summed E-state index contributed by atoms with van der Waals surface area (Å²) in [6.45, 7) is 7.59. The highest BCUT2D eigenvalue weighted by Crippen LogP contribution is 2.28. The van der Waals surface area contributed by atoms with Gasteiger partial charge in [-0.05, 0) is 94.6 Å². The van der Waals surface area contributed by atoms with Gasteiger partial charge >= 0.3 is 11.9 Å². The lowest BCUT2D eigenvalue weighted by molar-refractivity contribution is -0.149. The summed E-state index contributed by atoms with van der Waals surface area (Å²) in [7, 11) is 0. The number of carbonyl (C=O) groups excluding carboxylic acids is 1. The van der Waals surface area contributed by atoms with Gasteiger partial charge in [0.25, 0.3) is 0 Å². The van der Waals surface area contributed by atoms with E-state index in [-0.39, 0.29) is 25.0 Å². The number of nitrogens with one attached hydrogen (secondary N) is 1. The van der Waals surface area contributed by atoms with E-state index < -0.39 is 18.0 Å². The molecule has 3 aromatic rings. The van der Waals surface area contributed by atoms with Gasteiger partial charge in [0.2, 0.25) is 5.89 Å². The molecular weight excluding hydrogens is 526 g/mol. The summed E-state index contributed by atoms with van der Waals surface area (Å²) < 4.78 is 23.4. The highest BCUT2D eigenvalue weighted by atomic mass is 16.5. The molecule has 1 saturated heterocycles. The van der Waals surface area contributed by atoms with Gasteiger partial charge in [-0.2, -0.15) is 0 Å². The number of carboxylic acids is 1. The minimum atomic E-state index is -1.06. The van der Waals surface area contributed by atoms with Gasteiger partial charge < -0.3 is 34.8 Å². The van der Waals surface area contributed by atoms with Gasteiger partial charge in [-0.1, -0.05) is 12.1 Å². The fraction of sp³-hybridized carbons (Fsp3) is 0.452. The summed E-state index contributed by atoms with van der Waals surface area (Å²) in [4.78, 5) is 28.3. The molecule has 10 heteroatoms. The molecule has 0 spiro atoms. The number of hydrogen-bond donors (Lipinski definition) is 3. The van der Waals surface area contributed by atoms with Crippen LogP contribution in [-0.2, 0) is 27.2 Å². The van der Waals surface area contributed by atoms with Crippen molar-refractivity contribution in [3.63, 3.8) is 0 Å². The highest BCUT2D eigenvalue weighted by Gasteiger charge is 2.23. The minimum absolute atomic E-state index is 0.0833. The Morgan fingerprint density at radius 2 is 1.90 bits per heavy atom. The van der Waals surface area contributed by atoms with E-state index in [1.807, 2.05) is 31.2 Å². The third kappa shape index (κ3) is 8.55. The second-order valence-corrected chi connectivity index (χ2v) is 10.4. The first kappa shape index (κ1) is 30.1. The van der Waals surface area contributed by atoms with E-state index in [9.17, 15) is 9.59 Å². The molecule has 41 heavy (non-hydrogen) atoms. The Bertz CT molecular complexity index is 1330. The standard InChI is InChI=1S/C31H39N3O7/c1-19(2)39-31(37)29(32)26-18-24(9-7-21(26)8-10-28(35)36)38-16-13-27-20(3)40-30(34-27)22-5-4-6-25(17-22)41-23-11-14-33-15-12-23/h4-7,9,17-19,23,29,33H,8,10-16,32H2,1-3H3,(H,35,36). The second kappa shape index (κ2) is 14.1. The molecule has 1 aliphatic rings. The maximum absolute atomic E-state index is 12.5. The van der Waals surface area contributed by atoms with E-state index in [0.717, 1.165) is 42.9 Å². The summed E-state index contributed by atoms with van der Waals surface area (Å²) in [6, 6.07) is 11.9. The lowest BCUT2D eigenvalue weighted by Gasteiger charge is -2.23. The Balaban J connectivity index is 1.41. The summed E-state index contributed by atoms with van der Waals surface area (Å²) >= 11 is 0. The van der Waals surface area contributed by atoms with Crippen LogP contribution in [0.25, 0.3) is 11.5 Å². The lowest BCUT2D eigenvalue weighted by Crippen LogP contribution is -2.34. The maximum Gasteiger partial charge on any atom is 0.327 e. The van der Waals surface area contributed by atoms with Gasteiger partial charge in [-0.25, -0.2) is 9.78 Å². The van der Waals surface area contributed by atoms with Crippen LogP contribution in [0.4, 0.5) is 0 Å². The van der Waals surface area contributed by atoms with Crippen molar-refractivity contribution in [2.24, 2.45) is 5.73 Å². The van der Waals surface area contributed by atoms with E-state index in [1.54, 1.807) is 32.0 Å². The van der Waals surface area contributed by atoms with Crippen molar-refractivity contribution >= 4 is 11.9 Å². The molecule has 1 atom stereocenters. The van der Waals surface area contributed by atoms with Crippen LogP contribution in [0.15, 0.2) is 46.9 Å². The predicted molar refractivity (Wildman–Crippen MR) is 153 cm³/mol. The van der Waals surface area contributed by atoms with Gasteiger partial charge in [0.15, 0.2) is 0 Å². The zero-order chi connectivity index (χ0) is 29.4. The number of aromatic nitrogens is 1. The van der Waals surface area contributed by atoms with Crippen molar-refractivity contribution in [2.75, 3.05) is 19.7 Å². The van der Waals surface area contributed by atoms with Crippen LogP contribution in [0.2, 0.25) is 0 Å². The summed E-state index contributed by atoms with van der Waals surface area (Å²) in [5.74, 6) is 1.02. The van der Waals surface area contributed by atoms with Crippen LogP contribution >= 0.6 is 0 Å². The van der Waals surface area contributed by atoms with Gasteiger partial charge in [0, 0.05) is 18.4 Å². The average Bonchev–Trinajstić information content (AvgIpc) is 3.32. The molecule has 0 amide bonds. The first-order valence-electron chi connectivity index (χ1n) is 14.1. The molecule has 10 nitrogen and oxygen atoms in total. The topological polar surface area (TPSA) is 146 Å². The Morgan fingerprint density at radius 3 is 2.63 bits per heavy atom. The number of ether oxygens (including phenoxy) is 3. The van der Waals surface area contributed by atoms with Gasteiger partial charge in [0.05, 0.1) is 18.4 Å². The number of oxazole rings is 1. The molecule has 0 aliphatic carbocycles. The van der Waals surface area contributed by atoms with Crippen LogP contribution in [0, 0.1) is 6.92 Å². The van der Waals surface area contributed by atoms with Crippen molar-refractivity contribution in [2.45, 2.75) is 71.1 Å². The molecule has 0 radical (unpaired) electrons. The second-order valence-electron chi connectivity index (χ2n) is 10.4. The SMILES string of the molecule is Cc1oc(-c2cccc(OC3CCNCC3)c2)nc1CCOc1ccc(CCC(=O)O)c(C(N)C(=O)OC(C)C)c1. The van der Waals surface area contributed by atoms with Crippen molar-refractivity contribution in [1.82, 2.24) is 10.3 Å². The van der Waals surface area contributed by atoms with Gasteiger partial charge in [0.1, 0.15) is 29.4 Å². The number of nitrogens with two attached hydrogens (primary N) is 1. The summed E-state index contributed by atoms with van der Waals surface area (Å²) in [6.07, 6.45) is 2.49. The molecular formula is C31H39N3O7. The highest BCUT2D eigenvalue weighted by molar-refractivity contribution is 5.78. The van der Waals surface area contributed by atoms with Crippen LogP contribution in [0.1, 0.15) is 61.7 Å². The number of carboxylic acid groups (broad SMARTS) is 1. The fourth-order valence-corrected chi connectivity index (χ4v) is 4.71. The smallest absolute Gasteiger partial charge is 0.327 e. The van der Waals surface area contributed by atoms with Crippen LogP contribution < -0.4 is 20.5 Å². The predicted octanol–water partition coefficient (Wildman–Crippen LogP) is 4.37. The minimum Gasteiger partial charge on any atom is -0.493 e. The lowest BCUT2D eigenvalue weighted by atomic mass is 9.97. The number of nitrogens with zero attached hydrogens (tertiary/aromatic N) is 1. The summed E-state index contributed by atoms with van der Waals surface area (Å²) in [5, 5.41) is 12.5. The van der Waals surface area contributed by atoms with Crippen molar-refractivity contribution in [1.29, 1.82) is 0 Å². The van der Waals surface area contributed by atoms with Crippen molar-refractivity contribution in [3.8, 4) is 23.0 Å². The number of aryl methyl sites for hydroxylation is 2. The molecule has 0 saturated carbocycles. The largest absolute Gasteiger partial charge is 0.493 e. The third-order valence-electron chi connectivity index (χ3n) is 6.84. The number of hydrogen-bond acceptors (Lipinski definition) is 9. The molecule has 2 heterocycles. The monoisotopic (exact) mass is 565 g/mol. The van der Waals surface area contributed by atoms with Crippen LogP contribution in [0.5, 0.6) is 11.5 Å². The van der Waals surface area contributed by atoms with E-state index >= 15 is 0 Å². The summed E-state index contributed by atoms with van der Waals surface area (Å²) in [5.41, 5.74) is 8.98. The molecule has 0 bridgehead atoms. The van der Waals surface area contributed by atoms with Crippen LogP contribution in [-0.4, -0.2) is 53.9 Å². The molecule has 1 aromatic heterocycles. The number of piperidine rings is 1. The quantitative estimate of drug-likeness (QED) is 0.255. The number of benzene rings is 2. The van der Waals surface area contributed by atoms with Crippen molar-refractivity contribution in [3.05, 3.63) is 65.0 Å². The fourth-order valence-electron chi connectivity index (χ4n) is 4.71. The molecule has 1 aliphatic heterocycles. The Labute approximate surface area is 240 Å². The Kier molecular flexibility index (Phi) is 10.4. The number of rotatable bonds is 13. The van der Waals surface area contributed by atoms with E-state index in [0.29, 0.717) is 41.6 Å². The number of aliphatic carboxylic acids is 1. The van der Waals surface area contributed by atoms with Gasteiger partial charge in [-0.3, -0.25) is 4.79 Å². The normalized spacial score (nSPS) is 14.6. The average molecular weight is 566 g/mol. The maximum atomic E-state index is 12.5. The first-order valence-corrected chi connectivity index (χ1v) is 14.1. The van der Waals surface area contributed by atoms with E-state index in [1.165, 1.54) is 0 Å². The molecule has 4 N–H and O–H groups in total. The molecule has 4 rings (SSSR count). The zero-order valence-electron chi connectivity index (χ0n) is 23.9. The molecule has 220 valence electrons. The first-order chi connectivity index (χ1) is 19.7. The Morgan fingerprint density at radius 1 is 1.12 bits per heavy atom. The number of esters is 1. The molecule has 1 fully saturated rings. The third-order valence-corrected chi connectivity index (χ3v) is 6.84.